The van der Waals surface area contributed by atoms with Gasteiger partial charge in [0, 0.05) is 37.8 Å². The molecule has 11 heteroatoms. The lowest BCUT2D eigenvalue weighted by Gasteiger charge is -2.33. The maximum Gasteiger partial charge on any atom is 0.416 e. The van der Waals surface area contributed by atoms with Gasteiger partial charge < -0.3 is 4.90 Å². The summed E-state index contributed by atoms with van der Waals surface area (Å²) in [6.45, 7) is 6.35. The molecule has 2 aliphatic rings. The minimum absolute atomic E-state index is 0.000218. The molecule has 0 N–H and O–H groups in total. The summed E-state index contributed by atoms with van der Waals surface area (Å²) in [5, 5.41) is 4.55. The van der Waals surface area contributed by atoms with E-state index < -0.39 is 26.7 Å². The Morgan fingerprint density at radius 1 is 1.03 bits per heavy atom. The van der Waals surface area contributed by atoms with Crippen LogP contribution in [0.5, 0.6) is 0 Å². The first-order valence-corrected chi connectivity index (χ1v) is 12.3. The molecule has 1 saturated heterocycles. The molecule has 1 aromatic heterocycles. The largest absolute Gasteiger partial charge is 0.416 e. The van der Waals surface area contributed by atoms with Gasteiger partial charge in [-0.05, 0) is 57.9 Å². The number of hydrogen-bond donors (Lipinski definition) is 0. The number of hydrogen-bond acceptors (Lipinski definition) is 4. The Morgan fingerprint density at radius 2 is 1.67 bits per heavy atom. The molecule has 1 aromatic carbocycles. The number of amides is 1. The van der Waals surface area contributed by atoms with Gasteiger partial charge in [-0.1, -0.05) is 6.07 Å². The fourth-order valence-corrected chi connectivity index (χ4v) is 5.45. The smallest absolute Gasteiger partial charge is 0.335 e. The van der Waals surface area contributed by atoms with Crippen LogP contribution in [-0.2, 0) is 21.7 Å². The highest BCUT2D eigenvalue weighted by molar-refractivity contribution is 7.89. The Kier molecular flexibility index (Phi) is 5.84. The van der Waals surface area contributed by atoms with Crippen molar-refractivity contribution >= 4 is 15.9 Å². The zero-order chi connectivity index (χ0) is 24.2. The summed E-state index contributed by atoms with van der Waals surface area (Å²) >= 11 is 0. The number of nitrogens with zero attached hydrogens (tertiary/aromatic N) is 4. The highest BCUT2D eigenvalue weighted by Gasteiger charge is 2.36. The SMILES string of the molecule is CC(C)(C)n1nc(C(=O)N2CCN(S(=O)(=O)c3cccc(C(F)(F)F)c3)CC2)cc1C1CC1. The minimum Gasteiger partial charge on any atom is -0.335 e. The van der Waals surface area contributed by atoms with Gasteiger partial charge in [-0.3, -0.25) is 9.48 Å². The van der Waals surface area contributed by atoms with Crippen LogP contribution in [0.1, 0.15) is 61.3 Å². The van der Waals surface area contributed by atoms with Gasteiger partial charge in [0.05, 0.1) is 16.0 Å². The Balaban J connectivity index is 1.48. The molecule has 7 nitrogen and oxygen atoms in total. The van der Waals surface area contributed by atoms with Gasteiger partial charge in [-0.15, -0.1) is 0 Å². The summed E-state index contributed by atoms with van der Waals surface area (Å²) in [5.41, 5.74) is 0.0877. The molecular formula is C22H27F3N4O3S. The van der Waals surface area contributed by atoms with E-state index in [0.717, 1.165) is 41.0 Å². The minimum atomic E-state index is -4.63. The fourth-order valence-electron chi connectivity index (χ4n) is 3.98. The molecule has 0 unspecified atom stereocenters. The molecule has 1 aliphatic heterocycles. The first kappa shape index (κ1) is 23.7. The van der Waals surface area contributed by atoms with E-state index in [2.05, 4.69) is 5.10 Å². The lowest BCUT2D eigenvalue weighted by molar-refractivity contribution is -0.137. The van der Waals surface area contributed by atoms with Crippen LogP contribution in [0.2, 0.25) is 0 Å². The van der Waals surface area contributed by atoms with Crippen LogP contribution in [0.4, 0.5) is 13.2 Å². The van der Waals surface area contributed by atoms with Gasteiger partial charge in [0.15, 0.2) is 5.69 Å². The van der Waals surface area contributed by atoms with Crippen LogP contribution in [0.25, 0.3) is 0 Å². The second kappa shape index (κ2) is 8.12. The van der Waals surface area contributed by atoms with Crippen molar-refractivity contribution in [3.05, 3.63) is 47.3 Å². The zero-order valence-corrected chi connectivity index (χ0v) is 19.6. The molecule has 2 fully saturated rings. The maximum atomic E-state index is 13.1. The predicted octanol–water partition coefficient (Wildman–Crippen LogP) is 3.68. The normalized spacial score (nSPS) is 18.5. The molecule has 0 spiro atoms. The highest BCUT2D eigenvalue weighted by Crippen LogP contribution is 2.42. The molecule has 2 heterocycles. The number of benzene rings is 1. The first-order chi connectivity index (χ1) is 15.3. The van der Waals surface area contributed by atoms with Gasteiger partial charge >= 0.3 is 6.18 Å². The van der Waals surface area contributed by atoms with Crippen molar-refractivity contribution in [1.82, 2.24) is 19.0 Å². The van der Waals surface area contributed by atoms with E-state index in [1.54, 1.807) is 4.90 Å². The Morgan fingerprint density at radius 3 is 2.21 bits per heavy atom. The van der Waals surface area contributed by atoms with Gasteiger partial charge in [0.25, 0.3) is 5.91 Å². The topological polar surface area (TPSA) is 75.5 Å². The number of rotatable bonds is 4. The summed E-state index contributed by atoms with van der Waals surface area (Å²) in [6, 6.07) is 5.55. The van der Waals surface area contributed by atoms with Crippen molar-refractivity contribution in [3.8, 4) is 0 Å². The van der Waals surface area contributed by atoms with Crippen LogP contribution < -0.4 is 0 Å². The van der Waals surface area contributed by atoms with Crippen molar-refractivity contribution < 1.29 is 26.4 Å². The Hall–Kier alpha value is -2.40. The van der Waals surface area contributed by atoms with Crippen LogP contribution in [-0.4, -0.2) is 59.5 Å². The average molecular weight is 485 g/mol. The molecule has 0 radical (unpaired) electrons. The van der Waals surface area contributed by atoms with Crippen molar-refractivity contribution in [3.63, 3.8) is 0 Å². The molecule has 0 atom stereocenters. The molecule has 33 heavy (non-hydrogen) atoms. The summed E-state index contributed by atoms with van der Waals surface area (Å²) in [6.07, 6.45) is -2.49. The number of piperazine rings is 1. The van der Waals surface area contributed by atoms with Gasteiger partial charge in [-0.25, -0.2) is 8.42 Å². The third-order valence-corrected chi connectivity index (χ3v) is 7.81. The predicted molar refractivity (Wildman–Crippen MR) is 115 cm³/mol. The van der Waals surface area contributed by atoms with Crippen molar-refractivity contribution in [2.75, 3.05) is 26.2 Å². The number of carbonyl (C=O) groups excluding carboxylic acids is 1. The second-order valence-corrected chi connectivity index (χ2v) is 11.5. The van der Waals surface area contributed by atoms with Gasteiger partial charge in [0.1, 0.15) is 0 Å². The Labute approximate surface area is 191 Å². The second-order valence-electron chi connectivity index (χ2n) is 9.53. The average Bonchev–Trinajstić information content (AvgIpc) is 3.49. The van der Waals surface area contributed by atoms with Gasteiger partial charge in [0.2, 0.25) is 10.0 Å². The molecular weight excluding hydrogens is 457 g/mol. The van der Waals surface area contributed by atoms with Crippen LogP contribution in [0.3, 0.4) is 0 Å². The number of alkyl halides is 3. The zero-order valence-electron chi connectivity index (χ0n) is 18.8. The number of aromatic nitrogens is 2. The molecule has 4 rings (SSSR count). The van der Waals surface area contributed by atoms with Crippen LogP contribution in [0, 0.1) is 0 Å². The van der Waals surface area contributed by atoms with Crippen molar-refractivity contribution in [2.24, 2.45) is 0 Å². The van der Waals surface area contributed by atoms with E-state index >= 15 is 0 Å². The first-order valence-electron chi connectivity index (χ1n) is 10.9. The van der Waals surface area contributed by atoms with E-state index in [-0.39, 0.29) is 37.6 Å². The highest BCUT2D eigenvalue weighted by atomic mass is 32.2. The molecule has 180 valence electrons. The van der Waals surface area contributed by atoms with E-state index in [1.807, 2.05) is 31.5 Å². The molecule has 1 aliphatic carbocycles. The van der Waals surface area contributed by atoms with E-state index in [0.29, 0.717) is 17.7 Å². The quantitative estimate of drug-likeness (QED) is 0.664. The van der Waals surface area contributed by atoms with E-state index in [4.69, 9.17) is 0 Å². The standard InChI is InChI=1S/C22H27F3N4O3S/c1-21(2,3)29-19(15-7-8-15)14-18(26-29)20(30)27-9-11-28(12-10-27)33(31,32)17-6-4-5-16(13-17)22(23,24)25/h4-6,13-15H,7-12H2,1-3H3. The summed E-state index contributed by atoms with van der Waals surface area (Å²) < 4.78 is 67.8. The summed E-state index contributed by atoms with van der Waals surface area (Å²) in [7, 11) is -4.11. The monoisotopic (exact) mass is 484 g/mol. The molecule has 1 amide bonds. The van der Waals surface area contributed by atoms with Crippen LogP contribution in [0.15, 0.2) is 35.2 Å². The van der Waals surface area contributed by atoms with Gasteiger partial charge in [-0.2, -0.15) is 22.6 Å². The number of halogens is 3. The molecule has 2 aromatic rings. The number of carbonyl (C=O) groups is 1. The lowest BCUT2D eigenvalue weighted by Crippen LogP contribution is -2.50. The number of sulfonamides is 1. The molecule has 0 bridgehead atoms. The van der Waals surface area contributed by atoms with E-state index in [1.165, 1.54) is 0 Å². The Bertz CT molecular complexity index is 1160. The van der Waals surface area contributed by atoms with Crippen molar-refractivity contribution in [2.45, 2.75) is 56.1 Å². The summed E-state index contributed by atoms with van der Waals surface area (Å²) in [5.74, 6) is 0.142. The third-order valence-electron chi connectivity index (χ3n) is 5.91. The van der Waals surface area contributed by atoms with E-state index in [9.17, 15) is 26.4 Å². The van der Waals surface area contributed by atoms with Crippen molar-refractivity contribution in [1.29, 1.82) is 0 Å². The summed E-state index contributed by atoms with van der Waals surface area (Å²) in [4.78, 5) is 14.2. The maximum absolute atomic E-state index is 13.1. The fraction of sp³-hybridized carbons (Fsp3) is 0.545. The molecule has 1 saturated carbocycles. The van der Waals surface area contributed by atoms with Crippen LogP contribution >= 0.6 is 0 Å². The lowest BCUT2D eigenvalue weighted by atomic mass is 10.1. The third kappa shape index (κ3) is 4.79.